The van der Waals surface area contributed by atoms with Gasteiger partial charge in [-0.1, -0.05) is 35.4 Å². The SMILES string of the molecule is N#CC(Cc1ccccc1)NCCCN=[N+]=[N-]. The minimum Gasteiger partial charge on any atom is -0.302 e. The van der Waals surface area contributed by atoms with Gasteiger partial charge in [-0.3, -0.25) is 0 Å². The normalized spacial score (nSPS) is 11.2. The number of nitrogens with zero attached hydrogens (tertiary/aromatic N) is 4. The highest BCUT2D eigenvalue weighted by Gasteiger charge is 2.06. The van der Waals surface area contributed by atoms with Crippen LogP contribution in [0, 0.1) is 11.3 Å². The van der Waals surface area contributed by atoms with E-state index in [0.717, 1.165) is 12.0 Å². The first-order valence-corrected chi connectivity index (χ1v) is 5.54. The van der Waals surface area contributed by atoms with Crippen molar-refractivity contribution in [2.75, 3.05) is 13.1 Å². The number of hydrogen-bond donors (Lipinski definition) is 1. The third-order valence-corrected chi connectivity index (χ3v) is 2.33. The Hall–Kier alpha value is -2.02. The van der Waals surface area contributed by atoms with Crippen molar-refractivity contribution in [1.29, 1.82) is 5.26 Å². The Kier molecular flexibility index (Phi) is 6.27. The molecular weight excluding hydrogens is 214 g/mol. The molecular formula is C12H15N5. The van der Waals surface area contributed by atoms with Crippen LogP contribution in [0.15, 0.2) is 35.4 Å². The smallest absolute Gasteiger partial charge is 0.0993 e. The summed E-state index contributed by atoms with van der Waals surface area (Å²) in [5.41, 5.74) is 9.24. The Balaban J connectivity index is 2.30. The second kappa shape index (κ2) is 8.17. The molecule has 1 unspecified atom stereocenters. The van der Waals surface area contributed by atoms with Crippen molar-refractivity contribution in [1.82, 2.24) is 5.32 Å². The Morgan fingerprint density at radius 3 is 2.82 bits per heavy atom. The third-order valence-electron chi connectivity index (χ3n) is 2.33. The van der Waals surface area contributed by atoms with Crippen LogP contribution in [-0.2, 0) is 6.42 Å². The van der Waals surface area contributed by atoms with Gasteiger partial charge in [-0.05, 0) is 24.1 Å². The summed E-state index contributed by atoms with van der Waals surface area (Å²) < 4.78 is 0. The molecule has 5 nitrogen and oxygen atoms in total. The van der Waals surface area contributed by atoms with Crippen molar-refractivity contribution in [2.24, 2.45) is 5.11 Å². The van der Waals surface area contributed by atoms with Gasteiger partial charge < -0.3 is 5.32 Å². The molecule has 1 rings (SSSR count). The number of hydrogen-bond acceptors (Lipinski definition) is 3. The summed E-state index contributed by atoms with van der Waals surface area (Å²) in [5.74, 6) is 0. The molecule has 0 aliphatic rings. The maximum absolute atomic E-state index is 9.00. The van der Waals surface area contributed by atoms with E-state index in [1.165, 1.54) is 0 Å². The first kappa shape index (κ1) is 13.0. The van der Waals surface area contributed by atoms with Gasteiger partial charge in [0.15, 0.2) is 0 Å². The van der Waals surface area contributed by atoms with E-state index >= 15 is 0 Å². The van der Waals surface area contributed by atoms with Crippen LogP contribution in [0.5, 0.6) is 0 Å². The Morgan fingerprint density at radius 2 is 2.18 bits per heavy atom. The van der Waals surface area contributed by atoms with Gasteiger partial charge in [0, 0.05) is 17.9 Å². The zero-order chi connectivity index (χ0) is 12.3. The summed E-state index contributed by atoms with van der Waals surface area (Å²) in [6.45, 7) is 1.15. The Bertz CT molecular complexity index is 403. The van der Waals surface area contributed by atoms with E-state index in [-0.39, 0.29) is 6.04 Å². The standard InChI is InChI=1S/C12H15N5/c13-10-12(15-7-4-8-16-17-14)9-11-5-2-1-3-6-11/h1-3,5-6,12,15H,4,7-9H2. The van der Waals surface area contributed by atoms with Crippen LogP contribution in [0.25, 0.3) is 10.4 Å². The zero-order valence-corrected chi connectivity index (χ0v) is 9.58. The van der Waals surface area contributed by atoms with E-state index < -0.39 is 0 Å². The molecule has 0 amide bonds. The van der Waals surface area contributed by atoms with E-state index in [1.807, 2.05) is 30.3 Å². The van der Waals surface area contributed by atoms with Gasteiger partial charge in [0.1, 0.15) is 0 Å². The molecule has 1 N–H and O–H groups in total. The highest BCUT2D eigenvalue weighted by molar-refractivity contribution is 5.17. The predicted molar refractivity (Wildman–Crippen MR) is 66.2 cm³/mol. The first-order chi connectivity index (χ1) is 8.36. The molecule has 0 radical (unpaired) electrons. The molecule has 0 saturated heterocycles. The van der Waals surface area contributed by atoms with E-state index in [0.29, 0.717) is 19.5 Å². The molecule has 17 heavy (non-hydrogen) atoms. The molecule has 0 bridgehead atoms. The van der Waals surface area contributed by atoms with Crippen LogP contribution in [0.1, 0.15) is 12.0 Å². The minimum absolute atomic E-state index is 0.191. The van der Waals surface area contributed by atoms with Crippen LogP contribution in [0.4, 0.5) is 0 Å². The van der Waals surface area contributed by atoms with Gasteiger partial charge >= 0.3 is 0 Å². The van der Waals surface area contributed by atoms with Gasteiger partial charge in [0.2, 0.25) is 0 Å². The van der Waals surface area contributed by atoms with Gasteiger partial charge in [-0.25, -0.2) is 0 Å². The van der Waals surface area contributed by atoms with E-state index in [2.05, 4.69) is 21.4 Å². The van der Waals surface area contributed by atoms with Gasteiger partial charge in [0.25, 0.3) is 0 Å². The maximum Gasteiger partial charge on any atom is 0.0993 e. The largest absolute Gasteiger partial charge is 0.302 e. The molecule has 1 aromatic rings. The molecule has 0 aliphatic heterocycles. The van der Waals surface area contributed by atoms with Crippen LogP contribution in [0.3, 0.4) is 0 Å². The molecule has 0 saturated carbocycles. The number of rotatable bonds is 7. The molecule has 1 aromatic carbocycles. The monoisotopic (exact) mass is 229 g/mol. The van der Waals surface area contributed by atoms with Crippen LogP contribution in [0.2, 0.25) is 0 Å². The van der Waals surface area contributed by atoms with Gasteiger partial charge in [0.05, 0.1) is 12.1 Å². The number of azide groups is 1. The van der Waals surface area contributed by atoms with Crippen LogP contribution < -0.4 is 5.32 Å². The summed E-state index contributed by atoms with van der Waals surface area (Å²) in [5, 5.41) is 15.6. The van der Waals surface area contributed by atoms with E-state index in [9.17, 15) is 0 Å². The van der Waals surface area contributed by atoms with Crippen molar-refractivity contribution in [3.63, 3.8) is 0 Å². The lowest BCUT2D eigenvalue weighted by molar-refractivity contribution is 0.583. The van der Waals surface area contributed by atoms with Crippen molar-refractivity contribution >= 4 is 0 Å². The minimum atomic E-state index is -0.191. The molecule has 0 aromatic heterocycles. The first-order valence-electron chi connectivity index (χ1n) is 5.54. The molecule has 0 spiro atoms. The summed E-state index contributed by atoms with van der Waals surface area (Å²) in [7, 11) is 0. The number of nitriles is 1. The van der Waals surface area contributed by atoms with Crippen molar-refractivity contribution in [3.8, 4) is 6.07 Å². The lowest BCUT2D eigenvalue weighted by atomic mass is 10.1. The molecule has 0 aliphatic carbocycles. The second-order valence-electron chi connectivity index (χ2n) is 3.63. The molecule has 88 valence electrons. The average molecular weight is 229 g/mol. The Labute approximate surface area is 101 Å². The fourth-order valence-electron chi connectivity index (χ4n) is 1.48. The van der Waals surface area contributed by atoms with E-state index in [4.69, 9.17) is 10.8 Å². The molecule has 1 atom stereocenters. The predicted octanol–water partition coefficient (Wildman–Crippen LogP) is 2.41. The Morgan fingerprint density at radius 1 is 1.41 bits per heavy atom. The fourth-order valence-corrected chi connectivity index (χ4v) is 1.48. The summed E-state index contributed by atoms with van der Waals surface area (Å²) >= 11 is 0. The third kappa shape index (κ3) is 5.57. The van der Waals surface area contributed by atoms with Crippen molar-refractivity contribution < 1.29 is 0 Å². The lowest BCUT2D eigenvalue weighted by Crippen LogP contribution is -2.30. The molecule has 5 heteroatoms. The zero-order valence-electron chi connectivity index (χ0n) is 9.58. The molecule has 0 heterocycles. The summed E-state index contributed by atoms with van der Waals surface area (Å²) in [6.07, 6.45) is 1.44. The molecule has 0 fully saturated rings. The topological polar surface area (TPSA) is 84.6 Å². The second-order valence-corrected chi connectivity index (χ2v) is 3.63. The lowest BCUT2D eigenvalue weighted by Gasteiger charge is -2.10. The van der Waals surface area contributed by atoms with E-state index in [1.54, 1.807) is 0 Å². The van der Waals surface area contributed by atoms with Crippen LogP contribution >= 0.6 is 0 Å². The highest BCUT2D eigenvalue weighted by atomic mass is 15.1. The van der Waals surface area contributed by atoms with Gasteiger partial charge in [-0.2, -0.15) is 5.26 Å². The van der Waals surface area contributed by atoms with Crippen molar-refractivity contribution in [3.05, 3.63) is 46.3 Å². The number of benzene rings is 1. The summed E-state index contributed by atoms with van der Waals surface area (Å²) in [4.78, 5) is 2.67. The summed E-state index contributed by atoms with van der Waals surface area (Å²) in [6, 6.07) is 11.9. The highest BCUT2D eigenvalue weighted by Crippen LogP contribution is 2.02. The fraction of sp³-hybridized carbons (Fsp3) is 0.417. The van der Waals surface area contributed by atoms with Crippen LogP contribution in [-0.4, -0.2) is 19.1 Å². The quantitative estimate of drug-likeness (QED) is 0.337. The average Bonchev–Trinajstić information content (AvgIpc) is 2.38. The van der Waals surface area contributed by atoms with Crippen molar-refractivity contribution in [2.45, 2.75) is 18.9 Å². The van der Waals surface area contributed by atoms with Gasteiger partial charge in [-0.15, -0.1) is 0 Å². The maximum atomic E-state index is 9.00. The number of nitrogens with one attached hydrogen (secondary N) is 1.